The highest BCUT2D eigenvalue weighted by atomic mass is 16.6. The lowest BCUT2D eigenvalue weighted by Gasteiger charge is -2.35. The number of carbonyl (C=O) groups excluding carboxylic acids is 1. The lowest BCUT2D eigenvalue weighted by molar-refractivity contribution is -0.180. The Morgan fingerprint density at radius 2 is 1.96 bits per heavy atom. The van der Waals surface area contributed by atoms with Crippen LogP contribution in [0.15, 0.2) is 24.3 Å². The summed E-state index contributed by atoms with van der Waals surface area (Å²) in [7, 11) is 0. The first-order chi connectivity index (χ1) is 11.2. The van der Waals surface area contributed by atoms with Crippen LogP contribution in [0.1, 0.15) is 24.8 Å². The molecule has 1 fully saturated rings. The number of carboxylic acids is 1. The fourth-order valence-corrected chi connectivity index (χ4v) is 2.45. The van der Waals surface area contributed by atoms with Gasteiger partial charge in [0.15, 0.2) is 17.1 Å². The number of rotatable bonds is 4. The molecule has 0 radical (unpaired) electrons. The van der Waals surface area contributed by atoms with E-state index in [0.29, 0.717) is 5.56 Å². The van der Waals surface area contributed by atoms with E-state index in [4.69, 9.17) is 9.84 Å². The molecule has 1 saturated carbocycles. The van der Waals surface area contributed by atoms with Crippen molar-refractivity contribution in [1.29, 1.82) is 0 Å². The van der Waals surface area contributed by atoms with Crippen molar-refractivity contribution >= 4 is 18.0 Å². The van der Waals surface area contributed by atoms with Crippen molar-refractivity contribution in [3.05, 3.63) is 29.8 Å². The van der Waals surface area contributed by atoms with E-state index in [0.717, 1.165) is 6.08 Å². The number of carbonyl (C=O) groups is 2. The Labute approximate surface area is 137 Å². The predicted molar refractivity (Wildman–Crippen MR) is 81.1 cm³/mol. The molecular weight excluding hydrogens is 320 g/mol. The summed E-state index contributed by atoms with van der Waals surface area (Å²) in [5, 5.41) is 47.3. The number of aromatic hydroxyl groups is 2. The molecular formula is C16H18O8. The fraction of sp³-hybridized carbons (Fsp3) is 0.375. The average Bonchev–Trinajstić information content (AvgIpc) is 2.52. The summed E-state index contributed by atoms with van der Waals surface area (Å²) in [5.74, 6) is -2.90. The van der Waals surface area contributed by atoms with Gasteiger partial charge in [0.05, 0.1) is 6.10 Å². The zero-order chi connectivity index (χ0) is 17.9. The number of aliphatic hydroxyl groups excluding tert-OH is 1. The molecule has 0 spiro atoms. The maximum atomic E-state index is 11.8. The highest BCUT2D eigenvalue weighted by Gasteiger charge is 2.46. The van der Waals surface area contributed by atoms with Crippen LogP contribution in [0, 0.1) is 0 Å². The summed E-state index contributed by atoms with van der Waals surface area (Å²) < 4.78 is 5.01. The van der Waals surface area contributed by atoms with Crippen LogP contribution in [0.5, 0.6) is 11.5 Å². The molecule has 0 amide bonds. The molecule has 1 aliphatic rings. The van der Waals surface area contributed by atoms with E-state index in [-0.39, 0.29) is 24.3 Å². The monoisotopic (exact) mass is 338 g/mol. The van der Waals surface area contributed by atoms with Gasteiger partial charge in [0.2, 0.25) is 0 Å². The second-order valence-electron chi connectivity index (χ2n) is 5.70. The maximum Gasteiger partial charge on any atom is 0.335 e. The van der Waals surface area contributed by atoms with Crippen LogP contribution in [-0.4, -0.2) is 55.3 Å². The zero-order valence-corrected chi connectivity index (χ0v) is 12.6. The van der Waals surface area contributed by atoms with Crippen LogP contribution in [0.2, 0.25) is 0 Å². The molecule has 0 heterocycles. The molecule has 5 N–H and O–H groups in total. The summed E-state index contributed by atoms with van der Waals surface area (Å²) >= 11 is 0. The quantitative estimate of drug-likeness (QED) is 0.301. The van der Waals surface area contributed by atoms with E-state index in [1.807, 2.05) is 0 Å². The molecule has 0 aromatic heterocycles. The summed E-state index contributed by atoms with van der Waals surface area (Å²) in [6.45, 7) is 0. The zero-order valence-electron chi connectivity index (χ0n) is 12.6. The molecule has 0 unspecified atom stereocenters. The number of phenolic OH excluding ortho intramolecular Hbond substituents is 2. The van der Waals surface area contributed by atoms with Crippen LogP contribution >= 0.6 is 0 Å². The molecule has 1 aromatic rings. The van der Waals surface area contributed by atoms with Crippen LogP contribution < -0.4 is 0 Å². The number of benzene rings is 1. The number of hydrogen-bond acceptors (Lipinski definition) is 7. The standard InChI is InChI=1S/C16H18O8/c17-10-3-1-9(7-12(10)19)2-4-14(20)24-13-8-16(23,15(21)22)6-5-11(13)18/h1-4,7,11,13,17-19,23H,5-6,8H2,(H,21,22)/b4-2+/t11-,13+,16+/m0/s1. The van der Waals surface area contributed by atoms with Crippen molar-refractivity contribution in [1.82, 2.24) is 0 Å². The summed E-state index contributed by atoms with van der Waals surface area (Å²) in [5.41, 5.74) is -1.61. The third-order valence-electron chi connectivity index (χ3n) is 3.90. The van der Waals surface area contributed by atoms with Gasteiger partial charge < -0.3 is 30.3 Å². The number of aliphatic carboxylic acids is 1. The van der Waals surface area contributed by atoms with E-state index < -0.39 is 36.2 Å². The summed E-state index contributed by atoms with van der Waals surface area (Å²) in [6.07, 6.45) is -0.364. The van der Waals surface area contributed by atoms with Gasteiger partial charge >= 0.3 is 11.9 Å². The first-order valence-electron chi connectivity index (χ1n) is 7.26. The first kappa shape index (κ1) is 17.8. The molecule has 1 aromatic carbocycles. The van der Waals surface area contributed by atoms with Crippen molar-refractivity contribution in [3.63, 3.8) is 0 Å². The predicted octanol–water partition coefficient (Wildman–Crippen LogP) is 0.383. The van der Waals surface area contributed by atoms with Crippen molar-refractivity contribution in [2.45, 2.75) is 37.1 Å². The van der Waals surface area contributed by atoms with E-state index in [1.54, 1.807) is 0 Å². The van der Waals surface area contributed by atoms with Gasteiger partial charge in [-0.25, -0.2) is 9.59 Å². The molecule has 0 saturated heterocycles. The van der Waals surface area contributed by atoms with Crippen molar-refractivity contribution < 1.29 is 39.9 Å². The van der Waals surface area contributed by atoms with Crippen LogP contribution in [0.3, 0.4) is 0 Å². The summed E-state index contributed by atoms with van der Waals surface area (Å²) in [6, 6.07) is 3.94. The van der Waals surface area contributed by atoms with Gasteiger partial charge in [0.25, 0.3) is 0 Å². The molecule has 130 valence electrons. The second-order valence-corrected chi connectivity index (χ2v) is 5.70. The maximum absolute atomic E-state index is 11.8. The summed E-state index contributed by atoms with van der Waals surface area (Å²) in [4.78, 5) is 22.9. The van der Waals surface area contributed by atoms with E-state index in [1.165, 1.54) is 24.3 Å². The number of ether oxygens (including phenoxy) is 1. The lowest BCUT2D eigenvalue weighted by Crippen LogP contribution is -2.50. The third-order valence-corrected chi connectivity index (χ3v) is 3.90. The highest BCUT2D eigenvalue weighted by Crippen LogP contribution is 2.31. The number of carboxylic acid groups (broad SMARTS) is 1. The Balaban J connectivity index is 2.01. The fourth-order valence-electron chi connectivity index (χ4n) is 2.45. The normalized spacial score (nSPS) is 27.1. The van der Waals surface area contributed by atoms with Gasteiger partial charge in [-0.15, -0.1) is 0 Å². The third kappa shape index (κ3) is 4.03. The molecule has 0 aliphatic heterocycles. The van der Waals surface area contributed by atoms with Gasteiger partial charge in [-0.05, 0) is 36.6 Å². The number of phenols is 2. The van der Waals surface area contributed by atoms with Crippen molar-refractivity contribution in [2.24, 2.45) is 0 Å². The minimum atomic E-state index is -2.03. The molecule has 0 bridgehead atoms. The molecule has 3 atom stereocenters. The van der Waals surface area contributed by atoms with E-state index in [9.17, 15) is 30.0 Å². The van der Waals surface area contributed by atoms with Crippen molar-refractivity contribution in [2.75, 3.05) is 0 Å². The number of aliphatic hydroxyl groups is 2. The van der Waals surface area contributed by atoms with Gasteiger partial charge in [-0.2, -0.15) is 0 Å². The van der Waals surface area contributed by atoms with Gasteiger partial charge in [0, 0.05) is 12.5 Å². The van der Waals surface area contributed by atoms with Gasteiger partial charge in [0.1, 0.15) is 6.10 Å². The molecule has 24 heavy (non-hydrogen) atoms. The Morgan fingerprint density at radius 3 is 2.58 bits per heavy atom. The minimum absolute atomic E-state index is 0.00368. The number of hydrogen-bond donors (Lipinski definition) is 5. The first-order valence-corrected chi connectivity index (χ1v) is 7.26. The topological polar surface area (TPSA) is 145 Å². The SMILES string of the molecule is O=C(/C=C/c1ccc(O)c(O)c1)O[C@@H]1C[C@@](O)(C(=O)O)CC[C@@H]1O. The Hall–Kier alpha value is -2.58. The lowest BCUT2D eigenvalue weighted by atomic mass is 9.81. The molecule has 1 aliphatic carbocycles. The van der Waals surface area contributed by atoms with Crippen LogP contribution in [0.25, 0.3) is 6.08 Å². The Kier molecular flexibility index (Phi) is 5.10. The minimum Gasteiger partial charge on any atom is -0.504 e. The largest absolute Gasteiger partial charge is 0.504 e. The number of esters is 1. The van der Waals surface area contributed by atoms with Crippen LogP contribution in [0.4, 0.5) is 0 Å². The molecule has 2 rings (SSSR count). The van der Waals surface area contributed by atoms with E-state index in [2.05, 4.69) is 0 Å². The van der Waals surface area contributed by atoms with Gasteiger partial charge in [-0.3, -0.25) is 0 Å². The van der Waals surface area contributed by atoms with Crippen LogP contribution in [-0.2, 0) is 14.3 Å². The average molecular weight is 338 g/mol. The Bertz CT molecular complexity index is 668. The molecule has 8 nitrogen and oxygen atoms in total. The highest BCUT2D eigenvalue weighted by molar-refractivity contribution is 5.87. The smallest absolute Gasteiger partial charge is 0.335 e. The van der Waals surface area contributed by atoms with Crippen molar-refractivity contribution in [3.8, 4) is 11.5 Å². The molecule has 8 heteroatoms. The van der Waals surface area contributed by atoms with Gasteiger partial charge in [-0.1, -0.05) is 6.07 Å². The van der Waals surface area contributed by atoms with E-state index >= 15 is 0 Å². The Morgan fingerprint density at radius 1 is 1.25 bits per heavy atom. The second kappa shape index (κ2) is 6.90.